The van der Waals surface area contributed by atoms with Crippen molar-refractivity contribution in [2.24, 2.45) is 0 Å². The molecule has 0 saturated heterocycles. The molecule has 0 saturated carbocycles. The van der Waals surface area contributed by atoms with Crippen LogP contribution in [-0.4, -0.2) is 13.9 Å². The van der Waals surface area contributed by atoms with Crippen molar-refractivity contribution in [3.05, 3.63) is 29.8 Å². The summed E-state index contributed by atoms with van der Waals surface area (Å²) in [5.41, 5.74) is 0. The summed E-state index contributed by atoms with van der Waals surface area (Å²) in [5, 5.41) is 0. The van der Waals surface area contributed by atoms with E-state index in [9.17, 15) is 8.78 Å². The predicted octanol–water partition coefficient (Wildman–Crippen LogP) is 1.95. The summed E-state index contributed by atoms with van der Waals surface area (Å²) in [6.07, 6.45) is 0. The number of benzene rings is 1. The number of methoxy groups -OCH3 is 1. The Morgan fingerprint density at radius 2 is 2.08 bits per heavy atom. The van der Waals surface area contributed by atoms with Crippen molar-refractivity contribution >= 4 is 0 Å². The minimum absolute atomic E-state index is 0.0969. The second kappa shape index (κ2) is 4.01. The quantitative estimate of drug-likeness (QED) is 0.652. The van der Waals surface area contributed by atoms with Gasteiger partial charge in [0.15, 0.2) is 18.4 Å². The smallest absolute Gasteiger partial charge is 0.200 e. The van der Waals surface area contributed by atoms with Crippen LogP contribution < -0.4 is 4.74 Å². The van der Waals surface area contributed by atoms with Gasteiger partial charge in [-0.25, -0.2) is 4.39 Å². The number of halogens is 2. The molecule has 2 nitrogen and oxygen atoms in total. The molecule has 12 heavy (non-hydrogen) atoms. The van der Waals surface area contributed by atoms with Crippen LogP contribution in [0.1, 0.15) is 0 Å². The fourth-order valence-electron chi connectivity index (χ4n) is 0.718. The van der Waals surface area contributed by atoms with Crippen molar-refractivity contribution < 1.29 is 18.3 Å². The summed E-state index contributed by atoms with van der Waals surface area (Å²) >= 11 is 0. The van der Waals surface area contributed by atoms with E-state index in [0.717, 1.165) is 6.07 Å². The second-order valence-electron chi connectivity index (χ2n) is 2.10. The topological polar surface area (TPSA) is 18.5 Å². The van der Waals surface area contributed by atoms with Gasteiger partial charge in [-0.2, -0.15) is 4.39 Å². The van der Waals surface area contributed by atoms with Crippen LogP contribution >= 0.6 is 0 Å². The molecule has 0 aliphatic heterocycles. The van der Waals surface area contributed by atoms with Gasteiger partial charge in [0.1, 0.15) is 0 Å². The van der Waals surface area contributed by atoms with E-state index in [0.29, 0.717) is 0 Å². The first-order valence-electron chi connectivity index (χ1n) is 3.31. The first kappa shape index (κ1) is 8.93. The zero-order valence-electron chi connectivity index (χ0n) is 6.51. The fraction of sp³-hybridized carbons (Fsp3) is 0.250. The summed E-state index contributed by atoms with van der Waals surface area (Å²) < 4.78 is 34.5. The van der Waals surface area contributed by atoms with E-state index in [1.165, 1.54) is 19.2 Å². The Hall–Kier alpha value is -1.16. The Morgan fingerprint density at radius 1 is 1.33 bits per heavy atom. The lowest BCUT2D eigenvalue weighted by Gasteiger charge is -2.04. The molecule has 1 aromatic rings. The number of ether oxygens (including phenoxy) is 2. The van der Waals surface area contributed by atoms with Crippen molar-refractivity contribution in [1.82, 2.24) is 0 Å². The zero-order valence-corrected chi connectivity index (χ0v) is 6.51. The Kier molecular flexibility index (Phi) is 2.99. The molecule has 1 rings (SSSR count). The Labute approximate surface area is 68.7 Å². The van der Waals surface area contributed by atoms with Crippen molar-refractivity contribution in [3.63, 3.8) is 0 Å². The van der Waals surface area contributed by atoms with Gasteiger partial charge in [-0.05, 0) is 12.1 Å². The molecular formula is C8H8F2O2. The summed E-state index contributed by atoms with van der Waals surface area (Å²) in [6.45, 7) is -0.0969. The molecule has 0 aliphatic rings. The largest absolute Gasteiger partial charge is 0.464 e. The van der Waals surface area contributed by atoms with Crippen molar-refractivity contribution in [2.75, 3.05) is 13.9 Å². The normalized spacial score (nSPS) is 9.92. The van der Waals surface area contributed by atoms with E-state index in [4.69, 9.17) is 4.74 Å². The molecule has 0 unspecified atom stereocenters. The van der Waals surface area contributed by atoms with E-state index >= 15 is 0 Å². The summed E-state index contributed by atoms with van der Waals surface area (Å²) in [5.74, 6) is -2.06. The van der Waals surface area contributed by atoms with Crippen LogP contribution in [0.5, 0.6) is 5.75 Å². The maximum absolute atomic E-state index is 12.8. The number of hydrogen-bond donors (Lipinski definition) is 0. The minimum Gasteiger partial charge on any atom is -0.464 e. The van der Waals surface area contributed by atoms with Gasteiger partial charge in [-0.1, -0.05) is 6.07 Å². The fourth-order valence-corrected chi connectivity index (χ4v) is 0.718. The molecule has 0 amide bonds. The Morgan fingerprint density at radius 3 is 2.75 bits per heavy atom. The van der Waals surface area contributed by atoms with Gasteiger partial charge >= 0.3 is 0 Å². The Bertz CT molecular complexity index is 263. The van der Waals surface area contributed by atoms with E-state index in [1.54, 1.807) is 0 Å². The second-order valence-corrected chi connectivity index (χ2v) is 2.10. The van der Waals surface area contributed by atoms with Gasteiger partial charge in [0.05, 0.1) is 0 Å². The lowest BCUT2D eigenvalue weighted by atomic mass is 10.3. The van der Waals surface area contributed by atoms with Gasteiger partial charge in [0.25, 0.3) is 0 Å². The average molecular weight is 174 g/mol. The molecule has 0 bridgehead atoms. The van der Waals surface area contributed by atoms with Gasteiger partial charge in [0, 0.05) is 7.11 Å². The monoisotopic (exact) mass is 174 g/mol. The summed E-state index contributed by atoms with van der Waals surface area (Å²) in [4.78, 5) is 0. The summed E-state index contributed by atoms with van der Waals surface area (Å²) in [7, 11) is 1.40. The minimum atomic E-state index is -0.991. The molecule has 66 valence electrons. The van der Waals surface area contributed by atoms with E-state index in [1.807, 2.05) is 0 Å². The van der Waals surface area contributed by atoms with E-state index in [-0.39, 0.29) is 12.5 Å². The molecule has 0 spiro atoms. The Balaban J connectivity index is 2.78. The van der Waals surface area contributed by atoms with Crippen molar-refractivity contribution in [2.45, 2.75) is 0 Å². The van der Waals surface area contributed by atoms with E-state index < -0.39 is 11.6 Å². The van der Waals surface area contributed by atoms with Crippen LogP contribution in [0.2, 0.25) is 0 Å². The highest BCUT2D eigenvalue weighted by Gasteiger charge is 2.07. The first-order valence-corrected chi connectivity index (χ1v) is 3.31. The molecule has 0 N–H and O–H groups in total. The first-order chi connectivity index (χ1) is 5.75. The molecule has 0 aromatic heterocycles. The van der Waals surface area contributed by atoms with Gasteiger partial charge in [0.2, 0.25) is 5.82 Å². The highest BCUT2D eigenvalue weighted by molar-refractivity contribution is 5.24. The van der Waals surface area contributed by atoms with Crippen molar-refractivity contribution in [1.29, 1.82) is 0 Å². The predicted molar refractivity (Wildman–Crippen MR) is 38.9 cm³/mol. The maximum Gasteiger partial charge on any atom is 0.200 e. The molecule has 0 radical (unpaired) electrons. The number of rotatable bonds is 3. The van der Waals surface area contributed by atoms with Crippen LogP contribution in [-0.2, 0) is 4.74 Å². The molecule has 0 aliphatic carbocycles. The van der Waals surface area contributed by atoms with Crippen LogP contribution in [0.15, 0.2) is 18.2 Å². The third-order valence-corrected chi connectivity index (χ3v) is 1.25. The molecule has 0 atom stereocenters. The van der Waals surface area contributed by atoms with Crippen LogP contribution in [0, 0.1) is 11.6 Å². The van der Waals surface area contributed by atoms with Gasteiger partial charge in [-0.15, -0.1) is 0 Å². The third-order valence-electron chi connectivity index (χ3n) is 1.25. The SMILES string of the molecule is COCOc1cccc(F)c1F. The van der Waals surface area contributed by atoms with Crippen LogP contribution in [0.3, 0.4) is 0 Å². The van der Waals surface area contributed by atoms with Crippen LogP contribution in [0.4, 0.5) is 8.78 Å². The molecule has 4 heteroatoms. The van der Waals surface area contributed by atoms with Gasteiger partial charge < -0.3 is 9.47 Å². The maximum atomic E-state index is 12.8. The average Bonchev–Trinajstić information content (AvgIpc) is 2.08. The highest BCUT2D eigenvalue weighted by Crippen LogP contribution is 2.18. The third kappa shape index (κ3) is 1.92. The van der Waals surface area contributed by atoms with E-state index in [2.05, 4.69) is 4.74 Å². The van der Waals surface area contributed by atoms with Crippen LogP contribution in [0.25, 0.3) is 0 Å². The highest BCUT2D eigenvalue weighted by atomic mass is 19.2. The summed E-state index contributed by atoms with van der Waals surface area (Å²) in [6, 6.07) is 3.72. The standard InChI is InChI=1S/C8H8F2O2/c1-11-5-12-7-4-2-3-6(9)8(7)10/h2-4H,5H2,1H3. The molecule has 0 fully saturated rings. The zero-order chi connectivity index (χ0) is 8.97. The molecule has 0 heterocycles. The van der Waals surface area contributed by atoms with Crippen molar-refractivity contribution in [3.8, 4) is 5.75 Å². The lowest BCUT2D eigenvalue weighted by Crippen LogP contribution is -2.01. The molecule has 1 aromatic carbocycles. The van der Waals surface area contributed by atoms with Gasteiger partial charge in [-0.3, -0.25) is 0 Å². The lowest BCUT2D eigenvalue weighted by molar-refractivity contribution is 0.0478. The number of hydrogen-bond acceptors (Lipinski definition) is 2. The molecular weight excluding hydrogens is 166 g/mol.